The minimum atomic E-state index is -0.923. The van der Waals surface area contributed by atoms with E-state index in [9.17, 15) is 14.7 Å². The van der Waals surface area contributed by atoms with E-state index in [1.807, 2.05) is 49.6 Å². The predicted molar refractivity (Wildman–Crippen MR) is 136 cm³/mol. The Labute approximate surface area is 211 Å². The molecule has 4 heterocycles. The number of benzene rings is 1. The Balaban J connectivity index is 1.73. The third-order valence-electron chi connectivity index (χ3n) is 6.12. The molecule has 1 fully saturated rings. The van der Waals surface area contributed by atoms with Crippen LogP contribution in [0.25, 0.3) is 11.4 Å². The molecule has 1 amide bonds. The van der Waals surface area contributed by atoms with Gasteiger partial charge < -0.3 is 14.2 Å². The van der Waals surface area contributed by atoms with E-state index in [2.05, 4.69) is 15.2 Å². The van der Waals surface area contributed by atoms with Gasteiger partial charge in [-0.05, 0) is 56.5 Å². The largest absolute Gasteiger partial charge is 0.505 e. The molecule has 4 aromatic rings. The van der Waals surface area contributed by atoms with Gasteiger partial charge in [0.05, 0.1) is 23.9 Å². The van der Waals surface area contributed by atoms with Gasteiger partial charge >= 0.3 is 5.91 Å². The average Bonchev–Trinajstić information content (AvgIpc) is 3.52. The van der Waals surface area contributed by atoms with Crippen LogP contribution in [0.5, 0.6) is 5.75 Å². The van der Waals surface area contributed by atoms with Gasteiger partial charge in [-0.25, -0.2) is 4.98 Å². The number of imidazole rings is 1. The number of pyridine rings is 1. The van der Waals surface area contributed by atoms with E-state index in [0.29, 0.717) is 34.3 Å². The van der Waals surface area contributed by atoms with Crippen LogP contribution in [0.4, 0.5) is 5.13 Å². The second kappa shape index (κ2) is 9.19. The van der Waals surface area contributed by atoms with Crippen LogP contribution in [0.1, 0.15) is 46.9 Å². The molecule has 10 heteroatoms. The third-order valence-corrected chi connectivity index (χ3v) is 6.96. The smallest absolute Gasteiger partial charge is 0.301 e. The van der Waals surface area contributed by atoms with Crippen molar-refractivity contribution in [1.82, 2.24) is 19.6 Å². The van der Waals surface area contributed by atoms with Gasteiger partial charge in [0.25, 0.3) is 5.78 Å². The Morgan fingerprint density at radius 1 is 1.14 bits per heavy atom. The Morgan fingerprint density at radius 3 is 2.64 bits per heavy atom. The lowest BCUT2D eigenvalue weighted by molar-refractivity contribution is -0.132. The van der Waals surface area contributed by atoms with Crippen LogP contribution < -0.4 is 9.64 Å². The molecule has 1 aromatic carbocycles. The number of nitrogens with zero attached hydrogens (tertiary/aromatic N) is 5. The number of carbonyl (C=O) groups excluding carboxylic acids is 2. The van der Waals surface area contributed by atoms with Gasteiger partial charge in [0.1, 0.15) is 22.1 Å². The second-order valence-electron chi connectivity index (χ2n) is 8.62. The predicted octanol–water partition coefficient (Wildman–Crippen LogP) is 4.53. The van der Waals surface area contributed by atoms with Crippen molar-refractivity contribution >= 4 is 39.6 Å². The molecule has 1 aliphatic rings. The summed E-state index contributed by atoms with van der Waals surface area (Å²) in [5.41, 5.74) is 3.04. The third kappa shape index (κ3) is 3.83. The molecule has 0 aliphatic carbocycles. The maximum Gasteiger partial charge on any atom is 0.301 e. The normalized spacial score (nSPS) is 17.3. The second-order valence-corrected chi connectivity index (χ2v) is 9.78. The number of hydrogen-bond donors (Lipinski definition) is 1. The van der Waals surface area contributed by atoms with Crippen molar-refractivity contribution in [2.75, 3.05) is 11.5 Å². The highest BCUT2D eigenvalue weighted by Crippen LogP contribution is 2.43. The van der Waals surface area contributed by atoms with E-state index < -0.39 is 17.7 Å². The maximum atomic E-state index is 13.4. The summed E-state index contributed by atoms with van der Waals surface area (Å²) < 4.78 is 7.65. The molecule has 184 valence electrons. The number of hydrogen-bond acceptors (Lipinski definition) is 8. The van der Waals surface area contributed by atoms with Crippen molar-refractivity contribution in [1.29, 1.82) is 0 Å². The highest BCUT2D eigenvalue weighted by Gasteiger charge is 2.48. The van der Waals surface area contributed by atoms with Crippen molar-refractivity contribution in [3.05, 3.63) is 75.7 Å². The summed E-state index contributed by atoms with van der Waals surface area (Å²) in [6, 6.07) is 10.1. The zero-order chi connectivity index (χ0) is 25.6. The topological polar surface area (TPSA) is 110 Å². The Bertz CT molecular complexity index is 1540. The summed E-state index contributed by atoms with van der Waals surface area (Å²) in [5.74, 6) is -1.32. The average molecular weight is 504 g/mol. The van der Waals surface area contributed by atoms with Crippen molar-refractivity contribution in [3.63, 3.8) is 0 Å². The zero-order valence-corrected chi connectivity index (χ0v) is 21.2. The van der Waals surface area contributed by atoms with E-state index >= 15 is 0 Å². The number of anilines is 1. The van der Waals surface area contributed by atoms with Crippen LogP contribution in [0, 0.1) is 20.8 Å². The van der Waals surface area contributed by atoms with Gasteiger partial charge in [0.2, 0.25) is 5.13 Å². The van der Waals surface area contributed by atoms with Gasteiger partial charge in [0.15, 0.2) is 5.76 Å². The SMILES string of the molecule is CCCOc1cccc(C2/C(=C(\O)c3nc4c(C)cccn4c3C)C(=O)C(=O)N2c2nnc(C)s2)c1. The van der Waals surface area contributed by atoms with E-state index in [-0.39, 0.29) is 22.2 Å². The number of aliphatic hydroxyl groups is 1. The number of carbonyl (C=O) groups is 2. The molecule has 1 N–H and O–H groups in total. The van der Waals surface area contributed by atoms with Crippen molar-refractivity contribution in [3.8, 4) is 5.75 Å². The fourth-order valence-corrected chi connectivity index (χ4v) is 5.11. The summed E-state index contributed by atoms with van der Waals surface area (Å²) in [5, 5.41) is 20.6. The molecule has 36 heavy (non-hydrogen) atoms. The van der Waals surface area contributed by atoms with Gasteiger partial charge in [-0.1, -0.05) is 36.5 Å². The Hall–Kier alpha value is -4.05. The van der Waals surface area contributed by atoms with Crippen LogP contribution >= 0.6 is 11.3 Å². The molecule has 1 unspecified atom stereocenters. The number of ether oxygens (including phenoxy) is 1. The fourth-order valence-electron chi connectivity index (χ4n) is 4.40. The minimum absolute atomic E-state index is 0.0512. The first-order valence-electron chi connectivity index (χ1n) is 11.6. The first kappa shape index (κ1) is 23.7. The molecule has 0 spiro atoms. The Morgan fingerprint density at radius 2 is 1.94 bits per heavy atom. The quantitative estimate of drug-likeness (QED) is 0.234. The van der Waals surface area contributed by atoms with Crippen LogP contribution in [-0.4, -0.2) is 43.0 Å². The molecule has 1 atom stereocenters. The molecule has 9 nitrogen and oxygen atoms in total. The van der Waals surface area contributed by atoms with Crippen LogP contribution in [0.2, 0.25) is 0 Å². The number of aryl methyl sites for hydroxylation is 3. The van der Waals surface area contributed by atoms with Crippen LogP contribution in [-0.2, 0) is 9.59 Å². The first-order chi connectivity index (χ1) is 17.3. The highest BCUT2D eigenvalue weighted by molar-refractivity contribution is 7.15. The fraction of sp³-hybridized carbons (Fsp3) is 0.269. The van der Waals surface area contributed by atoms with E-state index in [1.54, 1.807) is 25.1 Å². The number of aromatic nitrogens is 4. The lowest BCUT2D eigenvalue weighted by Crippen LogP contribution is -2.29. The monoisotopic (exact) mass is 503 g/mol. The van der Waals surface area contributed by atoms with Crippen LogP contribution in [0.3, 0.4) is 0 Å². The standard InChI is InChI=1S/C26H25N5O4S/c1-5-12-35-18-10-6-9-17(13-18)21-19(23(33)25(34)31(21)26-29-28-16(4)36-26)22(32)20-15(3)30-11-7-8-14(2)24(30)27-20/h6-11,13,21,32H,5,12H2,1-4H3/b22-19+. The molecule has 0 saturated carbocycles. The number of ketones is 1. The molecular weight excluding hydrogens is 478 g/mol. The molecule has 0 radical (unpaired) electrons. The van der Waals surface area contributed by atoms with E-state index in [1.165, 1.54) is 16.2 Å². The van der Waals surface area contributed by atoms with Crippen molar-refractivity contribution in [2.24, 2.45) is 0 Å². The number of rotatable bonds is 6. The van der Waals surface area contributed by atoms with Crippen molar-refractivity contribution < 1.29 is 19.4 Å². The molecule has 5 rings (SSSR count). The molecule has 3 aromatic heterocycles. The van der Waals surface area contributed by atoms with Gasteiger partial charge in [0, 0.05) is 6.20 Å². The summed E-state index contributed by atoms with van der Waals surface area (Å²) in [4.78, 5) is 32.7. The molecule has 1 aliphatic heterocycles. The number of amides is 1. The Kier molecular flexibility index (Phi) is 6.05. The van der Waals surface area contributed by atoms with Gasteiger partial charge in [-0.2, -0.15) is 0 Å². The number of aliphatic hydroxyl groups excluding tert-OH is 1. The molecule has 0 bridgehead atoms. The zero-order valence-electron chi connectivity index (χ0n) is 20.3. The molecular formula is C26H25N5O4S. The number of Topliss-reactive ketones (excluding diaryl/α,β-unsaturated/α-hetero) is 1. The minimum Gasteiger partial charge on any atom is -0.505 e. The van der Waals surface area contributed by atoms with Crippen LogP contribution in [0.15, 0.2) is 48.2 Å². The summed E-state index contributed by atoms with van der Waals surface area (Å²) in [6.07, 6.45) is 2.68. The molecule has 1 saturated heterocycles. The highest BCUT2D eigenvalue weighted by atomic mass is 32.1. The van der Waals surface area contributed by atoms with Crippen molar-refractivity contribution in [2.45, 2.75) is 40.2 Å². The number of fused-ring (bicyclic) bond motifs is 1. The van der Waals surface area contributed by atoms with E-state index in [0.717, 1.165) is 12.0 Å². The summed E-state index contributed by atoms with van der Waals surface area (Å²) in [7, 11) is 0. The lowest BCUT2D eigenvalue weighted by Gasteiger charge is -2.23. The lowest BCUT2D eigenvalue weighted by atomic mass is 9.96. The van der Waals surface area contributed by atoms with Gasteiger partial charge in [-0.3, -0.25) is 14.5 Å². The van der Waals surface area contributed by atoms with Gasteiger partial charge in [-0.15, -0.1) is 10.2 Å². The van der Waals surface area contributed by atoms with E-state index in [4.69, 9.17) is 4.74 Å². The first-order valence-corrected chi connectivity index (χ1v) is 12.4. The maximum absolute atomic E-state index is 13.4. The summed E-state index contributed by atoms with van der Waals surface area (Å²) >= 11 is 1.20. The summed E-state index contributed by atoms with van der Waals surface area (Å²) in [6.45, 7) is 8.04.